The third kappa shape index (κ3) is 2.55. The molecule has 0 aliphatic rings. The van der Waals surface area contributed by atoms with Crippen LogP contribution >= 0.6 is 23.9 Å². The van der Waals surface area contributed by atoms with Crippen molar-refractivity contribution in [1.82, 2.24) is 0 Å². The molecule has 0 saturated carbocycles. The van der Waals surface area contributed by atoms with Gasteiger partial charge in [0, 0.05) is 10.1 Å². The quantitative estimate of drug-likeness (QED) is 0.687. The van der Waals surface area contributed by atoms with Gasteiger partial charge in [-0.1, -0.05) is 28.9 Å². The first-order valence-corrected chi connectivity index (χ1v) is 7.65. The van der Waals surface area contributed by atoms with E-state index < -0.39 is 0 Å². The van der Waals surface area contributed by atoms with Gasteiger partial charge in [0.15, 0.2) is 0 Å². The van der Waals surface area contributed by atoms with Crippen molar-refractivity contribution in [1.29, 1.82) is 0 Å². The van der Waals surface area contributed by atoms with Gasteiger partial charge in [0.1, 0.15) is 5.82 Å². The molecule has 0 aliphatic carbocycles. The predicted molar refractivity (Wildman–Crippen MR) is 66.0 cm³/mol. The van der Waals surface area contributed by atoms with Crippen LogP contribution in [0.25, 0.3) is 0 Å². The lowest BCUT2D eigenvalue weighted by molar-refractivity contribution is 0.608. The Bertz CT molecular complexity index is 336. The Morgan fingerprint density at radius 3 is 2.43 bits per heavy atom. The van der Waals surface area contributed by atoms with Crippen molar-refractivity contribution in [2.75, 3.05) is 13.3 Å². The minimum Gasteiger partial charge on any atom is -0.207 e. The second-order valence-electron chi connectivity index (χ2n) is 3.76. The molecule has 1 aromatic carbocycles. The third-order valence-electron chi connectivity index (χ3n) is 2.50. The normalized spacial score (nSPS) is 13.4. The first-order valence-electron chi connectivity index (χ1n) is 4.55. The van der Waals surface area contributed by atoms with E-state index in [0.717, 1.165) is 15.6 Å². The summed E-state index contributed by atoms with van der Waals surface area (Å²) in [5.41, 5.74) is 2.28. The van der Waals surface area contributed by atoms with E-state index in [1.807, 2.05) is 13.0 Å². The van der Waals surface area contributed by atoms with E-state index in [-0.39, 0.29) is 13.7 Å². The molecule has 0 aromatic heterocycles. The second kappa shape index (κ2) is 4.72. The maximum absolute atomic E-state index is 13.6. The first-order chi connectivity index (χ1) is 6.43. The molecule has 0 radical (unpaired) electrons. The van der Waals surface area contributed by atoms with Gasteiger partial charge in [-0.15, -0.1) is 7.92 Å². The van der Waals surface area contributed by atoms with Crippen molar-refractivity contribution in [2.45, 2.75) is 19.5 Å². The number of hydrogen-bond donors (Lipinski definition) is 0. The van der Waals surface area contributed by atoms with Crippen LogP contribution in [0.15, 0.2) is 16.6 Å². The van der Waals surface area contributed by atoms with Gasteiger partial charge in [-0.2, -0.15) is 0 Å². The van der Waals surface area contributed by atoms with Crippen LogP contribution in [0, 0.1) is 12.7 Å². The number of hydrogen-bond acceptors (Lipinski definition) is 0. The molecule has 0 fully saturated rings. The minimum absolute atomic E-state index is 0.0915. The molecule has 0 heterocycles. The van der Waals surface area contributed by atoms with Crippen LogP contribution in [-0.2, 0) is 0 Å². The van der Waals surface area contributed by atoms with Gasteiger partial charge >= 0.3 is 0 Å². The fraction of sp³-hybridized carbons (Fsp3) is 0.455. The highest BCUT2D eigenvalue weighted by Crippen LogP contribution is 2.45. The standard InChI is InChI=1S/C11H15BrFP/c1-7-5-9(8(2)14(3)4)11(13)6-10(7)12/h5-6,8H,1-4H3. The Hall–Kier alpha value is 0.0600. The highest BCUT2D eigenvalue weighted by Gasteiger charge is 2.15. The van der Waals surface area contributed by atoms with Gasteiger partial charge in [0.25, 0.3) is 0 Å². The minimum atomic E-state index is -0.131. The molecule has 0 N–H and O–H groups in total. The van der Waals surface area contributed by atoms with E-state index in [1.165, 1.54) is 0 Å². The fourth-order valence-electron chi connectivity index (χ4n) is 1.28. The molecule has 0 aliphatic heterocycles. The average molecular weight is 277 g/mol. The number of rotatable bonds is 2. The molecule has 1 rings (SSSR count). The molecular formula is C11H15BrFP. The van der Waals surface area contributed by atoms with Crippen LogP contribution in [0.2, 0.25) is 0 Å². The molecule has 0 amide bonds. The summed E-state index contributed by atoms with van der Waals surface area (Å²) < 4.78 is 14.5. The summed E-state index contributed by atoms with van der Waals surface area (Å²) >= 11 is 3.33. The summed E-state index contributed by atoms with van der Waals surface area (Å²) in [7, 11) is -0.131. The lowest BCUT2D eigenvalue weighted by Gasteiger charge is -2.18. The van der Waals surface area contributed by atoms with E-state index in [9.17, 15) is 4.39 Å². The SMILES string of the molecule is Cc1cc(C(C)P(C)C)c(F)cc1Br. The Balaban J connectivity index is 3.15. The van der Waals surface area contributed by atoms with Gasteiger partial charge < -0.3 is 0 Å². The van der Waals surface area contributed by atoms with Gasteiger partial charge in [0.2, 0.25) is 0 Å². The zero-order valence-corrected chi connectivity index (χ0v) is 11.4. The predicted octanol–water partition coefficient (Wildman–Crippen LogP) is 4.70. The van der Waals surface area contributed by atoms with Crippen LogP contribution in [0.1, 0.15) is 23.7 Å². The Morgan fingerprint density at radius 2 is 1.93 bits per heavy atom. The third-order valence-corrected chi connectivity index (χ3v) is 5.18. The molecular weight excluding hydrogens is 262 g/mol. The highest BCUT2D eigenvalue weighted by molar-refractivity contribution is 9.10. The lowest BCUT2D eigenvalue weighted by atomic mass is 10.1. The molecule has 1 unspecified atom stereocenters. The molecule has 78 valence electrons. The first kappa shape index (κ1) is 12.1. The molecule has 0 nitrogen and oxygen atoms in total. The van der Waals surface area contributed by atoms with Gasteiger partial charge in [-0.05, 0) is 37.4 Å². The number of halogens is 2. The summed E-state index contributed by atoms with van der Waals surface area (Å²) in [5, 5.41) is 0. The topological polar surface area (TPSA) is 0 Å². The van der Waals surface area contributed by atoms with E-state index in [0.29, 0.717) is 5.66 Å². The van der Waals surface area contributed by atoms with Crippen molar-refractivity contribution < 1.29 is 4.39 Å². The van der Waals surface area contributed by atoms with Gasteiger partial charge in [0.05, 0.1) is 0 Å². The van der Waals surface area contributed by atoms with Crippen LogP contribution in [-0.4, -0.2) is 13.3 Å². The molecule has 3 heteroatoms. The molecule has 0 saturated heterocycles. The summed E-state index contributed by atoms with van der Waals surface area (Å²) in [6.45, 7) is 8.44. The Kier molecular flexibility index (Phi) is 4.09. The van der Waals surface area contributed by atoms with E-state index >= 15 is 0 Å². The van der Waals surface area contributed by atoms with Crippen molar-refractivity contribution in [3.63, 3.8) is 0 Å². The number of benzene rings is 1. The molecule has 1 atom stereocenters. The van der Waals surface area contributed by atoms with E-state index in [2.05, 4.69) is 36.2 Å². The van der Waals surface area contributed by atoms with Crippen LogP contribution in [0.5, 0.6) is 0 Å². The second-order valence-corrected chi connectivity index (χ2v) is 7.32. The number of aryl methyl sites for hydroxylation is 1. The monoisotopic (exact) mass is 276 g/mol. The summed E-state index contributed by atoms with van der Waals surface area (Å²) in [4.78, 5) is 0. The smallest absolute Gasteiger partial charge is 0.128 e. The summed E-state index contributed by atoms with van der Waals surface area (Å²) in [5.74, 6) is -0.0915. The van der Waals surface area contributed by atoms with Crippen LogP contribution < -0.4 is 0 Å². The average Bonchev–Trinajstić information content (AvgIpc) is 2.10. The largest absolute Gasteiger partial charge is 0.207 e. The fourth-order valence-corrected chi connectivity index (χ4v) is 2.35. The highest BCUT2D eigenvalue weighted by atomic mass is 79.9. The molecule has 14 heavy (non-hydrogen) atoms. The zero-order chi connectivity index (χ0) is 10.9. The van der Waals surface area contributed by atoms with E-state index in [1.54, 1.807) is 6.07 Å². The zero-order valence-electron chi connectivity index (χ0n) is 8.94. The Morgan fingerprint density at radius 1 is 1.36 bits per heavy atom. The van der Waals surface area contributed by atoms with Gasteiger partial charge in [-0.3, -0.25) is 0 Å². The lowest BCUT2D eigenvalue weighted by Crippen LogP contribution is -1.96. The van der Waals surface area contributed by atoms with E-state index in [4.69, 9.17) is 0 Å². The summed E-state index contributed by atoms with van der Waals surface area (Å²) in [6.07, 6.45) is 0. The van der Waals surface area contributed by atoms with Crippen molar-refractivity contribution in [3.05, 3.63) is 33.5 Å². The van der Waals surface area contributed by atoms with Crippen LogP contribution in [0.4, 0.5) is 4.39 Å². The maximum atomic E-state index is 13.6. The van der Waals surface area contributed by atoms with Crippen molar-refractivity contribution >= 4 is 23.9 Å². The van der Waals surface area contributed by atoms with Crippen LogP contribution in [0.3, 0.4) is 0 Å². The summed E-state index contributed by atoms with van der Waals surface area (Å²) in [6, 6.07) is 3.52. The Labute approximate surface area is 94.8 Å². The van der Waals surface area contributed by atoms with Crippen molar-refractivity contribution in [2.24, 2.45) is 0 Å². The van der Waals surface area contributed by atoms with Crippen molar-refractivity contribution in [3.8, 4) is 0 Å². The maximum Gasteiger partial charge on any atom is 0.128 e. The molecule has 0 spiro atoms. The molecule has 1 aromatic rings. The van der Waals surface area contributed by atoms with Gasteiger partial charge in [-0.25, -0.2) is 4.39 Å². The molecule has 0 bridgehead atoms.